The fraction of sp³-hybridized carbons (Fsp3) is 0.500. The molecule has 0 bridgehead atoms. The minimum absolute atomic E-state index is 0.0743. The third-order valence-corrected chi connectivity index (χ3v) is 3.22. The molecule has 72 valence electrons. The molecule has 0 amide bonds. The van der Waals surface area contributed by atoms with Crippen molar-refractivity contribution in [2.75, 3.05) is 5.73 Å². The average Bonchev–Trinajstić information content (AvgIpc) is 2.43. The van der Waals surface area contributed by atoms with E-state index in [-0.39, 0.29) is 5.78 Å². The summed E-state index contributed by atoms with van der Waals surface area (Å²) in [7, 11) is 0. The van der Waals surface area contributed by atoms with Crippen molar-refractivity contribution in [1.29, 1.82) is 0 Å². The first-order valence-electron chi connectivity index (χ1n) is 4.54. The van der Waals surface area contributed by atoms with E-state index in [9.17, 15) is 4.79 Å². The van der Waals surface area contributed by atoms with Crippen molar-refractivity contribution in [3.8, 4) is 0 Å². The highest BCUT2D eigenvalue weighted by atomic mass is 32.1. The Morgan fingerprint density at radius 1 is 1.62 bits per heavy atom. The van der Waals surface area contributed by atoms with E-state index in [1.54, 1.807) is 6.92 Å². The Kier molecular flexibility index (Phi) is 3.48. The first-order valence-corrected chi connectivity index (χ1v) is 5.36. The first-order chi connectivity index (χ1) is 6.15. The minimum atomic E-state index is 0.0743. The van der Waals surface area contributed by atoms with Crippen LogP contribution in [0.2, 0.25) is 0 Å². The maximum Gasteiger partial charge on any atom is 0.171 e. The molecule has 1 heterocycles. The second-order valence-electron chi connectivity index (χ2n) is 3.16. The van der Waals surface area contributed by atoms with E-state index >= 15 is 0 Å². The smallest absolute Gasteiger partial charge is 0.171 e. The molecule has 3 heteroatoms. The number of rotatable bonds is 4. The lowest BCUT2D eigenvalue weighted by molar-refractivity contribution is 0.102. The molecule has 2 N–H and O–H groups in total. The van der Waals surface area contributed by atoms with Gasteiger partial charge >= 0.3 is 0 Å². The van der Waals surface area contributed by atoms with Crippen molar-refractivity contribution in [1.82, 2.24) is 0 Å². The summed E-state index contributed by atoms with van der Waals surface area (Å²) in [5.74, 6) is 0.0743. The topological polar surface area (TPSA) is 43.1 Å². The van der Waals surface area contributed by atoms with Gasteiger partial charge in [0, 0.05) is 11.8 Å². The molecule has 0 unspecified atom stereocenters. The molecule has 0 saturated carbocycles. The zero-order chi connectivity index (χ0) is 9.84. The van der Waals surface area contributed by atoms with E-state index in [1.807, 2.05) is 6.07 Å². The predicted molar refractivity (Wildman–Crippen MR) is 57.3 cm³/mol. The molecule has 0 aromatic carbocycles. The van der Waals surface area contributed by atoms with Gasteiger partial charge in [-0.05, 0) is 18.9 Å². The van der Waals surface area contributed by atoms with Crippen LogP contribution in [0, 0.1) is 0 Å². The summed E-state index contributed by atoms with van der Waals surface area (Å²) in [5.41, 5.74) is 6.35. The lowest BCUT2D eigenvalue weighted by atomic mass is 10.2. The third-order valence-electron chi connectivity index (χ3n) is 1.91. The lowest BCUT2D eigenvalue weighted by Crippen LogP contribution is -1.92. The van der Waals surface area contributed by atoms with Gasteiger partial charge in [0.15, 0.2) is 5.78 Å². The van der Waals surface area contributed by atoms with Gasteiger partial charge in [-0.15, -0.1) is 11.3 Å². The van der Waals surface area contributed by atoms with Gasteiger partial charge in [-0.2, -0.15) is 0 Å². The highest BCUT2D eigenvalue weighted by Gasteiger charge is 2.09. The number of carbonyl (C=O) groups is 1. The number of nitrogens with two attached hydrogens (primary N) is 1. The van der Waals surface area contributed by atoms with Crippen LogP contribution in [-0.2, 0) is 6.42 Å². The summed E-state index contributed by atoms with van der Waals surface area (Å²) in [4.78, 5) is 13.0. The monoisotopic (exact) mass is 197 g/mol. The standard InChI is InChI=1S/C10H15NOS/c1-3-4-5-8-6-9(11)10(13-8)7(2)12/h6H,3-5,11H2,1-2H3. The van der Waals surface area contributed by atoms with Gasteiger partial charge in [0.1, 0.15) is 0 Å². The van der Waals surface area contributed by atoms with E-state index in [4.69, 9.17) is 5.73 Å². The van der Waals surface area contributed by atoms with Crippen LogP contribution < -0.4 is 5.73 Å². The summed E-state index contributed by atoms with van der Waals surface area (Å²) in [6.07, 6.45) is 3.38. The number of hydrogen-bond donors (Lipinski definition) is 1. The molecule has 0 aliphatic rings. The van der Waals surface area contributed by atoms with E-state index in [2.05, 4.69) is 6.92 Å². The maximum absolute atomic E-state index is 11.1. The van der Waals surface area contributed by atoms with Crippen molar-refractivity contribution in [2.24, 2.45) is 0 Å². The molecule has 13 heavy (non-hydrogen) atoms. The van der Waals surface area contributed by atoms with Gasteiger partial charge < -0.3 is 5.73 Å². The summed E-state index contributed by atoms with van der Waals surface area (Å²) in [5, 5.41) is 0. The van der Waals surface area contributed by atoms with Crippen molar-refractivity contribution in [2.45, 2.75) is 33.1 Å². The highest BCUT2D eigenvalue weighted by molar-refractivity contribution is 7.14. The molecule has 0 aliphatic carbocycles. The Balaban J connectivity index is 2.76. The Morgan fingerprint density at radius 3 is 2.77 bits per heavy atom. The molecule has 1 rings (SSSR count). The van der Waals surface area contributed by atoms with Gasteiger partial charge in [-0.1, -0.05) is 13.3 Å². The second-order valence-corrected chi connectivity index (χ2v) is 4.29. The van der Waals surface area contributed by atoms with E-state index in [0.29, 0.717) is 10.6 Å². The van der Waals surface area contributed by atoms with Gasteiger partial charge in [0.25, 0.3) is 0 Å². The molecule has 0 aliphatic heterocycles. The number of hydrogen-bond acceptors (Lipinski definition) is 3. The van der Waals surface area contributed by atoms with Gasteiger partial charge in [0.05, 0.1) is 10.6 Å². The fourth-order valence-electron chi connectivity index (χ4n) is 1.21. The molecule has 0 saturated heterocycles. The molecule has 0 atom stereocenters. The Bertz CT molecular complexity index is 304. The summed E-state index contributed by atoms with van der Waals surface area (Å²) < 4.78 is 0. The number of nitrogen functional groups attached to an aromatic ring is 1. The van der Waals surface area contributed by atoms with Crippen LogP contribution in [0.5, 0.6) is 0 Å². The number of carbonyl (C=O) groups excluding carboxylic acids is 1. The lowest BCUT2D eigenvalue weighted by Gasteiger charge is -1.91. The molecule has 0 spiro atoms. The number of thiophene rings is 1. The number of aryl methyl sites for hydroxylation is 1. The van der Waals surface area contributed by atoms with Crippen molar-refractivity contribution in [3.63, 3.8) is 0 Å². The van der Waals surface area contributed by atoms with Gasteiger partial charge in [0.2, 0.25) is 0 Å². The zero-order valence-corrected chi connectivity index (χ0v) is 8.91. The summed E-state index contributed by atoms with van der Waals surface area (Å²) in [6.45, 7) is 3.72. The molecule has 2 nitrogen and oxygen atoms in total. The summed E-state index contributed by atoms with van der Waals surface area (Å²) >= 11 is 1.53. The van der Waals surface area contributed by atoms with Crippen LogP contribution in [0.3, 0.4) is 0 Å². The second kappa shape index (κ2) is 4.42. The van der Waals surface area contributed by atoms with Crippen molar-refractivity contribution in [3.05, 3.63) is 15.8 Å². The molecular formula is C10H15NOS. The van der Waals surface area contributed by atoms with E-state index < -0.39 is 0 Å². The summed E-state index contributed by atoms with van der Waals surface area (Å²) in [6, 6.07) is 1.93. The first kappa shape index (κ1) is 10.3. The Labute approximate surface area is 82.8 Å². The SMILES string of the molecule is CCCCc1cc(N)c(C(C)=O)s1. The molecular weight excluding hydrogens is 182 g/mol. The predicted octanol–water partition coefficient (Wildman–Crippen LogP) is 2.88. The van der Waals surface area contributed by atoms with Crippen LogP contribution in [-0.4, -0.2) is 5.78 Å². The van der Waals surface area contributed by atoms with Crippen LogP contribution in [0.15, 0.2) is 6.07 Å². The highest BCUT2D eigenvalue weighted by Crippen LogP contribution is 2.26. The minimum Gasteiger partial charge on any atom is -0.397 e. The average molecular weight is 197 g/mol. The number of anilines is 1. The third kappa shape index (κ3) is 2.56. The van der Waals surface area contributed by atoms with Crippen LogP contribution in [0.25, 0.3) is 0 Å². The Morgan fingerprint density at radius 2 is 2.31 bits per heavy atom. The Hall–Kier alpha value is -0.830. The number of unbranched alkanes of at least 4 members (excludes halogenated alkanes) is 1. The van der Waals surface area contributed by atoms with Crippen LogP contribution >= 0.6 is 11.3 Å². The molecule has 0 radical (unpaired) electrons. The fourth-order valence-corrected chi connectivity index (χ4v) is 2.22. The van der Waals surface area contributed by atoms with E-state index in [0.717, 1.165) is 12.8 Å². The normalized spacial score (nSPS) is 10.3. The largest absolute Gasteiger partial charge is 0.397 e. The maximum atomic E-state index is 11.1. The molecule has 0 fully saturated rings. The number of Topliss-reactive ketones (excluding diaryl/α,β-unsaturated/α-hetero) is 1. The quantitative estimate of drug-likeness (QED) is 0.754. The van der Waals surface area contributed by atoms with Crippen molar-refractivity contribution < 1.29 is 4.79 Å². The van der Waals surface area contributed by atoms with Gasteiger partial charge in [-0.25, -0.2) is 0 Å². The zero-order valence-electron chi connectivity index (χ0n) is 8.09. The van der Waals surface area contributed by atoms with E-state index in [1.165, 1.54) is 22.6 Å². The van der Waals surface area contributed by atoms with Crippen molar-refractivity contribution >= 4 is 22.8 Å². The van der Waals surface area contributed by atoms with Gasteiger partial charge in [-0.3, -0.25) is 4.79 Å². The molecule has 1 aromatic heterocycles. The van der Waals surface area contributed by atoms with Crippen LogP contribution in [0.1, 0.15) is 41.2 Å². The number of ketones is 1. The molecule has 1 aromatic rings. The van der Waals surface area contributed by atoms with Crippen LogP contribution in [0.4, 0.5) is 5.69 Å².